The molecule has 7 nitrogen and oxygen atoms in total. The van der Waals surface area contributed by atoms with Crippen molar-refractivity contribution in [3.8, 4) is 17.2 Å². The maximum Gasteiger partial charge on any atom is 0.310 e. The van der Waals surface area contributed by atoms with Gasteiger partial charge in [-0.05, 0) is 56.2 Å². The van der Waals surface area contributed by atoms with Crippen LogP contribution < -0.4 is 4.74 Å². The Hall–Kier alpha value is -3.26. The Balaban J connectivity index is 1.30. The van der Waals surface area contributed by atoms with Crippen molar-refractivity contribution in [1.29, 1.82) is 0 Å². The zero-order valence-electron chi connectivity index (χ0n) is 18.6. The van der Waals surface area contributed by atoms with Crippen molar-refractivity contribution in [3.05, 3.63) is 59.4 Å². The molecule has 1 aliphatic carbocycles. The lowest BCUT2D eigenvalue weighted by molar-refractivity contribution is -0.156. The van der Waals surface area contributed by atoms with Gasteiger partial charge in [0.25, 0.3) is 5.89 Å². The van der Waals surface area contributed by atoms with E-state index >= 15 is 0 Å². The summed E-state index contributed by atoms with van der Waals surface area (Å²) in [5, 5.41) is 9.23. The van der Waals surface area contributed by atoms with Crippen molar-refractivity contribution >= 4 is 27.5 Å². The molecule has 8 heteroatoms. The van der Waals surface area contributed by atoms with Crippen LogP contribution in [-0.4, -0.2) is 28.3 Å². The number of para-hydroxylation sites is 1. The van der Waals surface area contributed by atoms with Crippen LogP contribution in [0, 0.1) is 5.92 Å². The van der Waals surface area contributed by atoms with Crippen LogP contribution in [0.2, 0.25) is 0 Å². The highest BCUT2D eigenvalue weighted by atomic mass is 32.1. The molecule has 4 aromatic rings. The molecule has 3 atom stereocenters. The number of rotatable bonds is 6. The monoisotopic (exact) mass is 463 g/mol. The fraction of sp³-hybridized carbons (Fsp3) is 0.360. The van der Waals surface area contributed by atoms with E-state index in [4.69, 9.17) is 18.9 Å². The Bertz CT molecular complexity index is 1220. The van der Waals surface area contributed by atoms with Gasteiger partial charge < -0.3 is 13.9 Å². The van der Waals surface area contributed by atoms with E-state index in [-0.39, 0.29) is 23.7 Å². The SMILES string of the molecule is COc1ccc(-c2nnc(C(C)OC(=O)C3CCCCC3c3nc4ccccc4s3)o2)cc1. The molecule has 2 heterocycles. The lowest BCUT2D eigenvalue weighted by Gasteiger charge is -2.29. The van der Waals surface area contributed by atoms with Gasteiger partial charge in [-0.3, -0.25) is 4.79 Å². The second-order valence-corrected chi connectivity index (χ2v) is 9.33. The summed E-state index contributed by atoms with van der Waals surface area (Å²) in [6.45, 7) is 1.76. The summed E-state index contributed by atoms with van der Waals surface area (Å²) in [7, 11) is 1.61. The Kier molecular flexibility index (Phi) is 6.09. The Morgan fingerprint density at radius 1 is 1.09 bits per heavy atom. The van der Waals surface area contributed by atoms with Gasteiger partial charge in [-0.25, -0.2) is 4.98 Å². The number of hydrogen-bond acceptors (Lipinski definition) is 8. The van der Waals surface area contributed by atoms with Gasteiger partial charge in [0, 0.05) is 11.5 Å². The van der Waals surface area contributed by atoms with Gasteiger partial charge in [0.2, 0.25) is 5.89 Å². The van der Waals surface area contributed by atoms with E-state index in [1.54, 1.807) is 25.4 Å². The normalized spacial score (nSPS) is 19.3. The molecule has 0 amide bonds. The molecular weight excluding hydrogens is 438 g/mol. The van der Waals surface area contributed by atoms with E-state index < -0.39 is 6.10 Å². The van der Waals surface area contributed by atoms with Crippen LogP contribution in [0.5, 0.6) is 5.75 Å². The van der Waals surface area contributed by atoms with Gasteiger partial charge >= 0.3 is 5.97 Å². The Morgan fingerprint density at radius 2 is 1.88 bits per heavy atom. The molecule has 3 unspecified atom stereocenters. The summed E-state index contributed by atoms with van der Waals surface area (Å²) >= 11 is 1.68. The number of carbonyl (C=O) groups excluding carboxylic acids is 1. The van der Waals surface area contributed by atoms with Crippen molar-refractivity contribution in [2.75, 3.05) is 7.11 Å². The summed E-state index contributed by atoms with van der Waals surface area (Å²) in [5.41, 5.74) is 1.76. The second kappa shape index (κ2) is 9.31. The van der Waals surface area contributed by atoms with Crippen LogP contribution in [0.1, 0.15) is 55.5 Å². The Labute approximate surface area is 195 Å². The van der Waals surface area contributed by atoms with Gasteiger partial charge in [-0.2, -0.15) is 0 Å². The standard InChI is InChI=1S/C25H25N3O4S/c1-15(22-27-28-23(32-22)16-11-13-17(30-2)14-12-16)31-25(29)19-8-4-3-7-18(19)24-26-20-9-5-6-10-21(20)33-24/h5-6,9-15,18-19H,3-4,7-8H2,1-2H3. The molecular formula is C25H25N3O4S. The molecule has 2 aromatic heterocycles. The van der Waals surface area contributed by atoms with E-state index in [1.165, 1.54) is 0 Å². The minimum Gasteiger partial charge on any atom is -0.497 e. The zero-order chi connectivity index (χ0) is 22.8. The summed E-state index contributed by atoms with van der Waals surface area (Å²) < 4.78 is 17.9. The summed E-state index contributed by atoms with van der Waals surface area (Å²) in [5.74, 6) is 1.04. The molecule has 170 valence electrons. The van der Waals surface area contributed by atoms with Crippen molar-refractivity contribution in [2.45, 2.75) is 44.6 Å². The molecule has 0 N–H and O–H groups in total. The number of ether oxygens (including phenoxy) is 2. The quantitative estimate of drug-likeness (QED) is 0.327. The molecule has 2 aromatic carbocycles. The van der Waals surface area contributed by atoms with Gasteiger partial charge in [0.15, 0.2) is 6.10 Å². The predicted octanol–water partition coefficient (Wildman–Crippen LogP) is 5.93. The molecule has 5 rings (SSSR count). The molecule has 0 bridgehead atoms. The first-order valence-corrected chi connectivity index (χ1v) is 12.0. The van der Waals surface area contributed by atoms with E-state index in [0.29, 0.717) is 5.89 Å². The molecule has 1 fully saturated rings. The molecule has 1 aliphatic rings. The number of benzene rings is 2. The maximum atomic E-state index is 13.2. The summed E-state index contributed by atoms with van der Waals surface area (Å²) in [6.07, 6.45) is 3.21. The summed E-state index contributed by atoms with van der Waals surface area (Å²) in [6, 6.07) is 15.4. The van der Waals surface area contributed by atoms with Crippen molar-refractivity contribution in [1.82, 2.24) is 15.2 Å². The largest absolute Gasteiger partial charge is 0.497 e. The van der Waals surface area contributed by atoms with Crippen molar-refractivity contribution in [2.24, 2.45) is 5.92 Å². The van der Waals surface area contributed by atoms with Crippen molar-refractivity contribution < 1.29 is 18.7 Å². The van der Waals surface area contributed by atoms with Crippen LogP contribution in [0.25, 0.3) is 21.7 Å². The molecule has 1 saturated carbocycles. The van der Waals surface area contributed by atoms with Gasteiger partial charge in [0.05, 0.1) is 28.3 Å². The first kappa shape index (κ1) is 21.6. The molecule has 0 aliphatic heterocycles. The summed E-state index contributed by atoms with van der Waals surface area (Å²) in [4.78, 5) is 18.0. The highest BCUT2D eigenvalue weighted by molar-refractivity contribution is 7.18. The highest BCUT2D eigenvalue weighted by Crippen LogP contribution is 2.42. The fourth-order valence-electron chi connectivity index (χ4n) is 4.32. The minimum atomic E-state index is -0.630. The van der Waals surface area contributed by atoms with E-state index in [1.807, 2.05) is 42.5 Å². The molecule has 0 radical (unpaired) electrons. The highest BCUT2D eigenvalue weighted by Gasteiger charge is 2.36. The van der Waals surface area contributed by atoms with Crippen molar-refractivity contribution in [3.63, 3.8) is 0 Å². The van der Waals surface area contributed by atoms with Crippen LogP contribution in [0.3, 0.4) is 0 Å². The lowest BCUT2D eigenvalue weighted by Crippen LogP contribution is -2.28. The number of hydrogen-bond donors (Lipinski definition) is 0. The van der Waals surface area contributed by atoms with Gasteiger partial charge in [-0.1, -0.05) is 25.0 Å². The second-order valence-electron chi connectivity index (χ2n) is 8.27. The number of aromatic nitrogens is 3. The number of nitrogens with zero attached hydrogens (tertiary/aromatic N) is 3. The Morgan fingerprint density at radius 3 is 2.67 bits per heavy atom. The number of carbonyl (C=O) groups is 1. The van der Waals surface area contributed by atoms with E-state index in [2.05, 4.69) is 16.3 Å². The van der Waals surface area contributed by atoms with E-state index in [0.717, 1.165) is 52.2 Å². The van der Waals surface area contributed by atoms with Crippen LogP contribution in [0.15, 0.2) is 52.9 Å². The third-order valence-electron chi connectivity index (χ3n) is 6.11. The van der Waals surface area contributed by atoms with Crippen LogP contribution in [-0.2, 0) is 9.53 Å². The number of thiazole rings is 1. The van der Waals surface area contributed by atoms with Crippen LogP contribution >= 0.6 is 11.3 Å². The van der Waals surface area contributed by atoms with Gasteiger partial charge in [0.1, 0.15) is 5.75 Å². The van der Waals surface area contributed by atoms with E-state index in [9.17, 15) is 4.79 Å². The number of methoxy groups -OCH3 is 1. The zero-order valence-corrected chi connectivity index (χ0v) is 19.4. The average molecular weight is 464 g/mol. The first-order valence-electron chi connectivity index (χ1n) is 11.2. The fourth-order valence-corrected chi connectivity index (χ4v) is 5.49. The van der Waals surface area contributed by atoms with Gasteiger partial charge in [-0.15, -0.1) is 21.5 Å². The smallest absolute Gasteiger partial charge is 0.310 e. The predicted molar refractivity (Wildman–Crippen MR) is 125 cm³/mol. The average Bonchev–Trinajstić information content (AvgIpc) is 3.52. The number of esters is 1. The third kappa shape index (κ3) is 4.48. The lowest BCUT2D eigenvalue weighted by atomic mass is 9.79. The third-order valence-corrected chi connectivity index (χ3v) is 7.28. The first-order chi connectivity index (χ1) is 16.1. The molecule has 0 saturated heterocycles. The maximum absolute atomic E-state index is 13.2. The van der Waals surface area contributed by atoms with Crippen LogP contribution in [0.4, 0.5) is 0 Å². The molecule has 33 heavy (non-hydrogen) atoms. The number of fused-ring (bicyclic) bond motifs is 1. The minimum absolute atomic E-state index is 0.0772. The molecule has 0 spiro atoms. The topological polar surface area (TPSA) is 87.3 Å².